The first-order chi connectivity index (χ1) is 16.1. The predicted octanol–water partition coefficient (Wildman–Crippen LogP) is 6.29. The molecule has 2 aromatic carbocycles. The second-order valence-corrected chi connectivity index (χ2v) is 8.78. The molecule has 0 aliphatic rings. The van der Waals surface area contributed by atoms with Gasteiger partial charge in [-0.05, 0) is 38.4 Å². The zero-order valence-corrected chi connectivity index (χ0v) is 21.1. The fraction of sp³-hybridized carbons (Fsp3) is 0.103. The summed E-state index contributed by atoms with van der Waals surface area (Å²) in [5.41, 5.74) is 1.53. The Morgan fingerprint density at radius 2 is 1.03 bits per heavy atom. The minimum absolute atomic E-state index is 0. The van der Waals surface area contributed by atoms with Crippen LogP contribution in [-0.4, -0.2) is 19.1 Å². The molecule has 34 heavy (non-hydrogen) atoms. The summed E-state index contributed by atoms with van der Waals surface area (Å²) in [5.74, 6) is 1.69. The van der Waals surface area contributed by atoms with Gasteiger partial charge in [0, 0.05) is 16.8 Å². The molecule has 4 nitrogen and oxygen atoms in total. The Labute approximate surface area is 213 Å². The summed E-state index contributed by atoms with van der Waals surface area (Å²) in [6.07, 6.45) is 10.9. The molecule has 168 valence electrons. The van der Waals surface area contributed by atoms with Crippen LogP contribution in [0.25, 0.3) is 33.2 Å². The Balaban J connectivity index is 0.00000241. The van der Waals surface area contributed by atoms with E-state index in [1.165, 1.54) is 0 Å². The average Bonchev–Trinajstić information content (AvgIpc) is 3.49. The molecule has 0 radical (unpaired) electrons. The first-order valence-electron chi connectivity index (χ1n) is 11.0. The van der Waals surface area contributed by atoms with E-state index in [0.29, 0.717) is 0 Å². The zero-order chi connectivity index (χ0) is 22.4. The number of fused-ring (bicyclic) bond motifs is 2. The van der Waals surface area contributed by atoms with Crippen molar-refractivity contribution in [3.8, 4) is 11.6 Å². The van der Waals surface area contributed by atoms with Crippen molar-refractivity contribution in [1.29, 1.82) is 0 Å². The summed E-state index contributed by atoms with van der Waals surface area (Å²) in [6, 6.07) is 28.7. The standard InChI is InChI=1S/C29H22N4.Pt/c1-29(2,25-13-7-15-27(30-25)32-17-21-9-3-4-10-22(21)18-32)26-14-8-16-28(31-26)33-19-23-11-5-6-12-24(23)20-33;/h3-17,19H,1-2H3;/q-2;+2. The van der Waals surface area contributed by atoms with Crippen molar-refractivity contribution in [2.24, 2.45) is 0 Å². The molecule has 0 fully saturated rings. The third-order valence-electron chi connectivity index (χ3n) is 6.18. The molecule has 0 N–H and O–H groups in total. The van der Waals surface area contributed by atoms with Crippen LogP contribution >= 0.6 is 0 Å². The second-order valence-electron chi connectivity index (χ2n) is 8.78. The SMILES string of the molecule is CC(C)(c1cccc(-n2[c-]c3ccccc3c2)n1)c1cccc(-n2[c-]c3ccccc3c2)n1.[Pt+2]. The molecule has 0 unspecified atom stereocenters. The van der Waals surface area contributed by atoms with Crippen molar-refractivity contribution >= 4 is 21.5 Å². The molecule has 0 aliphatic carbocycles. The largest absolute Gasteiger partial charge is 2.00 e. The van der Waals surface area contributed by atoms with Crippen LogP contribution in [0.4, 0.5) is 0 Å². The predicted molar refractivity (Wildman–Crippen MR) is 132 cm³/mol. The summed E-state index contributed by atoms with van der Waals surface area (Å²) in [5, 5.41) is 4.45. The summed E-state index contributed by atoms with van der Waals surface area (Å²) < 4.78 is 3.93. The summed E-state index contributed by atoms with van der Waals surface area (Å²) in [4.78, 5) is 10.0. The maximum atomic E-state index is 5.00. The van der Waals surface area contributed by atoms with Gasteiger partial charge in [-0.1, -0.05) is 83.8 Å². The fourth-order valence-electron chi connectivity index (χ4n) is 4.21. The minimum atomic E-state index is -0.384. The number of nitrogens with zero attached hydrogens (tertiary/aromatic N) is 4. The maximum Gasteiger partial charge on any atom is 2.00 e. The molecule has 5 heteroatoms. The van der Waals surface area contributed by atoms with Gasteiger partial charge in [0.05, 0.1) is 11.6 Å². The van der Waals surface area contributed by atoms with E-state index < -0.39 is 0 Å². The molecule has 0 amide bonds. The van der Waals surface area contributed by atoms with Gasteiger partial charge in [0.25, 0.3) is 0 Å². The Morgan fingerprint density at radius 1 is 0.588 bits per heavy atom. The Hall–Kier alpha value is -3.49. The number of hydrogen-bond acceptors (Lipinski definition) is 2. The van der Waals surface area contributed by atoms with E-state index >= 15 is 0 Å². The van der Waals surface area contributed by atoms with Crippen LogP contribution in [-0.2, 0) is 26.5 Å². The molecule has 0 saturated heterocycles. The molecule has 4 aromatic heterocycles. The van der Waals surface area contributed by atoms with Gasteiger partial charge in [-0.3, -0.25) is 9.97 Å². The first-order valence-corrected chi connectivity index (χ1v) is 11.0. The molecule has 4 heterocycles. The van der Waals surface area contributed by atoms with Gasteiger partial charge < -0.3 is 9.13 Å². The second kappa shape index (κ2) is 8.70. The van der Waals surface area contributed by atoms with Crippen molar-refractivity contribution in [2.45, 2.75) is 19.3 Å². The molecule has 0 bridgehead atoms. The van der Waals surface area contributed by atoms with Crippen molar-refractivity contribution in [3.63, 3.8) is 0 Å². The van der Waals surface area contributed by atoms with E-state index in [1.807, 2.05) is 57.7 Å². The summed E-state index contributed by atoms with van der Waals surface area (Å²) in [6.45, 7) is 4.33. The van der Waals surface area contributed by atoms with E-state index in [1.54, 1.807) is 0 Å². The van der Waals surface area contributed by atoms with Gasteiger partial charge in [0.15, 0.2) is 0 Å². The molecule has 6 rings (SSSR count). The molecule has 0 aliphatic heterocycles. The summed E-state index contributed by atoms with van der Waals surface area (Å²) in [7, 11) is 0. The minimum Gasteiger partial charge on any atom is -0.408 e. The molecule has 0 saturated carbocycles. The molecule has 0 spiro atoms. The van der Waals surface area contributed by atoms with Crippen molar-refractivity contribution < 1.29 is 21.1 Å². The van der Waals surface area contributed by atoms with Gasteiger partial charge in [0.1, 0.15) is 0 Å². The Bertz CT molecular complexity index is 1420. The van der Waals surface area contributed by atoms with Crippen molar-refractivity contribution in [1.82, 2.24) is 19.1 Å². The third kappa shape index (κ3) is 3.89. The molecular weight excluding hydrogens is 599 g/mol. The quantitative estimate of drug-likeness (QED) is 0.217. The van der Waals surface area contributed by atoms with Crippen LogP contribution in [0, 0.1) is 12.4 Å². The monoisotopic (exact) mass is 621 g/mol. The smallest absolute Gasteiger partial charge is 0.408 e. The number of hydrogen-bond donors (Lipinski definition) is 0. The van der Waals surface area contributed by atoms with Crippen LogP contribution in [0.5, 0.6) is 0 Å². The van der Waals surface area contributed by atoms with Crippen LogP contribution in [0.2, 0.25) is 0 Å². The fourth-order valence-corrected chi connectivity index (χ4v) is 4.21. The molecular formula is C29H22N4Pt. The van der Waals surface area contributed by atoms with Crippen LogP contribution in [0.1, 0.15) is 25.2 Å². The number of pyridine rings is 2. The van der Waals surface area contributed by atoms with E-state index in [2.05, 4.69) is 75.0 Å². The first kappa shape index (κ1) is 22.3. The van der Waals surface area contributed by atoms with Gasteiger partial charge in [-0.2, -0.15) is 0 Å². The third-order valence-corrected chi connectivity index (χ3v) is 6.18. The van der Waals surface area contributed by atoms with E-state index in [0.717, 1.165) is 44.6 Å². The zero-order valence-electron chi connectivity index (χ0n) is 18.8. The Kier molecular flexibility index (Phi) is 5.71. The van der Waals surface area contributed by atoms with Crippen molar-refractivity contribution in [2.75, 3.05) is 0 Å². The van der Waals surface area contributed by atoms with Gasteiger partial charge in [-0.15, -0.1) is 22.9 Å². The van der Waals surface area contributed by atoms with E-state index in [-0.39, 0.29) is 26.5 Å². The van der Waals surface area contributed by atoms with Gasteiger partial charge in [-0.25, -0.2) is 0 Å². The molecule has 0 atom stereocenters. The van der Waals surface area contributed by atoms with Crippen molar-refractivity contribution in [3.05, 3.63) is 121 Å². The normalized spacial score (nSPS) is 11.6. The summed E-state index contributed by atoms with van der Waals surface area (Å²) >= 11 is 0. The van der Waals surface area contributed by atoms with E-state index in [9.17, 15) is 0 Å². The van der Waals surface area contributed by atoms with Crippen LogP contribution in [0.15, 0.2) is 97.3 Å². The number of benzene rings is 2. The number of aromatic nitrogens is 4. The Morgan fingerprint density at radius 3 is 1.47 bits per heavy atom. The molecule has 6 aromatic rings. The maximum absolute atomic E-state index is 5.00. The topological polar surface area (TPSA) is 35.6 Å². The average molecular weight is 622 g/mol. The number of rotatable bonds is 4. The van der Waals surface area contributed by atoms with Crippen LogP contribution < -0.4 is 0 Å². The van der Waals surface area contributed by atoms with Gasteiger partial charge in [0.2, 0.25) is 0 Å². The van der Waals surface area contributed by atoms with Gasteiger partial charge >= 0.3 is 21.1 Å². The van der Waals surface area contributed by atoms with Crippen LogP contribution in [0.3, 0.4) is 0 Å². The van der Waals surface area contributed by atoms with E-state index in [4.69, 9.17) is 9.97 Å².